The number of benzene rings is 1. The van der Waals surface area contributed by atoms with Crippen molar-refractivity contribution in [2.24, 2.45) is 11.8 Å². The molecule has 1 unspecified atom stereocenters. The van der Waals surface area contributed by atoms with Gasteiger partial charge >= 0.3 is 0 Å². The second kappa shape index (κ2) is 8.47. The third kappa shape index (κ3) is 4.95. The maximum atomic E-state index is 11.8. The predicted molar refractivity (Wildman–Crippen MR) is 93.5 cm³/mol. The molecule has 0 aromatic heterocycles. The Morgan fingerprint density at radius 2 is 2.05 bits per heavy atom. The molecule has 1 heterocycles. The highest BCUT2D eigenvalue weighted by Crippen LogP contribution is 2.22. The minimum Gasteiger partial charge on any atom is -0.317 e. The number of ketones is 1. The minimum absolute atomic E-state index is 0.197. The molecular weight excluding hydrogens is 270 g/mol. The van der Waals surface area contributed by atoms with E-state index < -0.39 is 0 Å². The van der Waals surface area contributed by atoms with Crippen molar-refractivity contribution >= 4 is 5.78 Å². The van der Waals surface area contributed by atoms with Crippen LogP contribution in [0, 0.1) is 11.8 Å². The molecule has 0 spiro atoms. The summed E-state index contributed by atoms with van der Waals surface area (Å²) < 4.78 is 0. The summed E-state index contributed by atoms with van der Waals surface area (Å²) >= 11 is 0. The van der Waals surface area contributed by atoms with Crippen LogP contribution < -0.4 is 5.32 Å². The number of nitrogens with one attached hydrogen (secondary N) is 1. The Kier molecular flexibility index (Phi) is 6.63. The lowest BCUT2D eigenvalue weighted by Crippen LogP contribution is -2.27. The number of hydrogen-bond donors (Lipinski definition) is 1. The van der Waals surface area contributed by atoms with Crippen molar-refractivity contribution in [2.75, 3.05) is 13.1 Å². The van der Waals surface area contributed by atoms with Crippen molar-refractivity contribution in [3.8, 4) is 0 Å². The van der Waals surface area contributed by atoms with Gasteiger partial charge in [0.1, 0.15) is 0 Å². The van der Waals surface area contributed by atoms with Crippen LogP contribution in [0.2, 0.25) is 0 Å². The predicted octanol–water partition coefficient (Wildman–Crippen LogP) is 4.41. The highest BCUT2D eigenvalue weighted by Gasteiger charge is 2.14. The zero-order valence-corrected chi connectivity index (χ0v) is 14.5. The summed E-state index contributed by atoms with van der Waals surface area (Å²) in [6.45, 7) is 8.52. The van der Waals surface area contributed by atoms with E-state index in [0.29, 0.717) is 5.92 Å². The van der Waals surface area contributed by atoms with Gasteiger partial charge in [0.15, 0.2) is 5.78 Å². The molecule has 2 nitrogen and oxygen atoms in total. The molecule has 1 saturated heterocycles. The van der Waals surface area contributed by atoms with Crippen LogP contribution >= 0.6 is 0 Å². The molecule has 22 heavy (non-hydrogen) atoms. The molecule has 1 aromatic carbocycles. The van der Waals surface area contributed by atoms with E-state index in [1.807, 2.05) is 0 Å². The minimum atomic E-state index is 0.197. The van der Waals surface area contributed by atoms with Crippen LogP contribution in [0.15, 0.2) is 18.2 Å². The molecule has 2 heteroatoms. The number of aryl methyl sites for hydroxylation is 1. The average Bonchev–Trinajstić information content (AvgIpc) is 2.53. The molecule has 0 bridgehead atoms. The lowest BCUT2D eigenvalue weighted by atomic mass is 9.88. The van der Waals surface area contributed by atoms with Crippen LogP contribution in [0.4, 0.5) is 0 Å². The average molecular weight is 301 g/mol. The van der Waals surface area contributed by atoms with Crippen molar-refractivity contribution in [1.82, 2.24) is 5.32 Å². The molecule has 0 saturated carbocycles. The second-order valence-electron chi connectivity index (χ2n) is 7.00. The van der Waals surface area contributed by atoms with Crippen LogP contribution in [0.1, 0.15) is 67.9 Å². The number of piperidine rings is 1. The van der Waals surface area contributed by atoms with Crippen molar-refractivity contribution in [3.05, 3.63) is 34.9 Å². The lowest BCUT2D eigenvalue weighted by Gasteiger charge is -2.22. The topological polar surface area (TPSA) is 29.1 Å². The van der Waals surface area contributed by atoms with Crippen molar-refractivity contribution in [1.29, 1.82) is 0 Å². The van der Waals surface area contributed by atoms with Gasteiger partial charge in [0.2, 0.25) is 0 Å². The first kappa shape index (κ1) is 17.2. The van der Waals surface area contributed by atoms with Gasteiger partial charge in [0.05, 0.1) is 0 Å². The second-order valence-corrected chi connectivity index (χ2v) is 7.00. The van der Waals surface area contributed by atoms with Gasteiger partial charge in [0, 0.05) is 5.56 Å². The van der Waals surface area contributed by atoms with E-state index >= 15 is 0 Å². The molecule has 1 aliphatic rings. The molecule has 1 N–H and O–H groups in total. The Morgan fingerprint density at radius 3 is 2.68 bits per heavy atom. The van der Waals surface area contributed by atoms with Gasteiger partial charge in [-0.15, -0.1) is 0 Å². The van der Waals surface area contributed by atoms with Crippen molar-refractivity contribution in [2.45, 2.75) is 59.3 Å². The van der Waals surface area contributed by atoms with E-state index in [2.05, 4.69) is 37.4 Å². The van der Waals surface area contributed by atoms with Crippen molar-refractivity contribution in [3.63, 3.8) is 0 Å². The van der Waals surface area contributed by atoms with Crippen LogP contribution in [-0.2, 0) is 12.8 Å². The Morgan fingerprint density at radius 1 is 1.32 bits per heavy atom. The fraction of sp³-hybridized carbons (Fsp3) is 0.650. The molecule has 1 fully saturated rings. The zero-order chi connectivity index (χ0) is 15.9. The third-order valence-corrected chi connectivity index (χ3v) is 5.11. The highest BCUT2D eigenvalue weighted by atomic mass is 16.1. The zero-order valence-electron chi connectivity index (χ0n) is 14.5. The summed E-state index contributed by atoms with van der Waals surface area (Å²) in [5.41, 5.74) is 3.58. The van der Waals surface area contributed by atoms with Gasteiger partial charge in [-0.3, -0.25) is 4.79 Å². The molecule has 1 aliphatic heterocycles. The van der Waals surface area contributed by atoms with Crippen LogP contribution in [-0.4, -0.2) is 18.9 Å². The van der Waals surface area contributed by atoms with Gasteiger partial charge in [-0.1, -0.05) is 38.5 Å². The summed E-state index contributed by atoms with van der Waals surface area (Å²) in [5.74, 6) is 1.70. The van der Waals surface area contributed by atoms with E-state index in [1.165, 1.54) is 43.5 Å². The Hall–Kier alpha value is -1.15. The summed E-state index contributed by atoms with van der Waals surface area (Å²) in [4.78, 5) is 11.8. The van der Waals surface area contributed by atoms with E-state index in [4.69, 9.17) is 0 Å². The molecular formula is C20H31NO. The molecule has 2 rings (SSSR count). The summed E-state index contributed by atoms with van der Waals surface area (Å²) in [6, 6.07) is 6.51. The first-order valence-electron chi connectivity index (χ1n) is 8.93. The van der Waals surface area contributed by atoms with Crippen LogP contribution in [0.5, 0.6) is 0 Å². The molecule has 122 valence electrons. The Bertz CT molecular complexity index is 488. The SMILES string of the molecule is CCC(C)Cc1cc(CCC2CCNCC2)ccc1C(C)=O. The molecule has 0 radical (unpaired) electrons. The third-order valence-electron chi connectivity index (χ3n) is 5.11. The monoisotopic (exact) mass is 301 g/mol. The standard InChI is InChI=1S/C20H31NO/c1-4-15(2)13-19-14-18(7-8-20(19)16(3)22)6-5-17-9-11-21-12-10-17/h7-8,14-15,17,21H,4-6,9-13H2,1-3H3. The normalized spacial score (nSPS) is 17.4. The summed E-state index contributed by atoms with van der Waals surface area (Å²) in [5, 5.41) is 3.43. The highest BCUT2D eigenvalue weighted by molar-refractivity contribution is 5.95. The summed E-state index contributed by atoms with van der Waals surface area (Å²) in [7, 11) is 0. The Balaban J connectivity index is 2.04. The van der Waals surface area contributed by atoms with Crippen molar-refractivity contribution < 1.29 is 4.79 Å². The molecule has 1 atom stereocenters. The molecule has 0 amide bonds. The maximum absolute atomic E-state index is 11.8. The fourth-order valence-corrected chi connectivity index (χ4v) is 3.38. The van der Waals surface area contributed by atoms with E-state index in [1.54, 1.807) is 6.92 Å². The Labute approximate surface area is 135 Å². The van der Waals surface area contributed by atoms with Gasteiger partial charge in [-0.05, 0) is 75.1 Å². The van der Waals surface area contributed by atoms with Gasteiger partial charge in [-0.25, -0.2) is 0 Å². The molecule has 0 aliphatic carbocycles. The smallest absolute Gasteiger partial charge is 0.160 e. The number of carbonyl (C=O) groups excluding carboxylic acids is 1. The van der Waals surface area contributed by atoms with Crippen LogP contribution in [0.25, 0.3) is 0 Å². The first-order valence-corrected chi connectivity index (χ1v) is 8.93. The first-order chi connectivity index (χ1) is 10.6. The fourth-order valence-electron chi connectivity index (χ4n) is 3.38. The number of hydrogen-bond acceptors (Lipinski definition) is 2. The lowest BCUT2D eigenvalue weighted by molar-refractivity contribution is 0.101. The van der Waals surface area contributed by atoms with Gasteiger partial charge < -0.3 is 5.32 Å². The molecule has 1 aromatic rings. The maximum Gasteiger partial charge on any atom is 0.160 e. The van der Waals surface area contributed by atoms with Gasteiger partial charge in [0.25, 0.3) is 0 Å². The van der Waals surface area contributed by atoms with Gasteiger partial charge in [-0.2, -0.15) is 0 Å². The van der Waals surface area contributed by atoms with E-state index in [0.717, 1.165) is 30.7 Å². The number of rotatable bonds is 7. The van der Waals surface area contributed by atoms with Crippen LogP contribution in [0.3, 0.4) is 0 Å². The summed E-state index contributed by atoms with van der Waals surface area (Å²) in [6.07, 6.45) is 7.24. The number of carbonyl (C=O) groups is 1. The van der Waals surface area contributed by atoms with E-state index in [-0.39, 0.29) is 5.78 Å². The largest absolute Gasteiger partial charge is 0.317 e. The van der Waals surface area contributed by atoms with E-state index in [9.17, 15) is 4.79 Å². The number of Topliss-reactive ketones (excluding diaryl/α,β-unsaturated/α-hetero) is 1. The quantitative estimate of drug-likeness (QED) is 0.756.